The van der Waals surface area contributed by atoms with Crippen LogP contribution in [0.1, 0.15) is 17.3 Å². The van der Waals surface area contributed by atoms with Crippen LogP contribution in [0.2, 0.25) is 0 Å². The first kappa shape index (κ1) is 15.8. The van der Waals surface area contributed by atoms with Crippen molar-refractivity contribution in [2.45, 2.75) is 11.8 Å². The van der Waals surface area contributed by atoms with Crippen LogP contribution in [-0.4, -0.2) is 54.4 Å². The smallest absolute Gasteiger partial charge is 0.253 e. The molecule has 4 nitrogen and oxygen atoms in total. The number of fused-ring (bicyclic) bond motifs is 1. The van der Waals surface area contributed by atoms with Crippen LogP contribution in [0.3, 0.4) is 0 Å². The highest BCUT2D eigenvalue weighted by molar-refractivity contribution is 7.80. The van der Waals surface area contributed by atoms with Crippen molar-refractivity contribution >= 4 is 29.4 Å². The molecule has 0 bridgehead atoms. The Labute approximate surface area is 131 Å². The Morgan fingerprint density at radius 2 is 2.05 bits per heavy atom. The molecule has 2 rings (SSSR count). The summed E-state index contributed by atoms with van der Waals surface area (Å²) in [5, 5.41) is 0.942. The van der Waals surface area contributed by atoms with Crippen molar-refractivity contribution < 1.29 is 4.79 Å². The monoisotopic (exact) mass is 303 g/mol. The SMILES string of the molecule is CCN(CCN(C)C)C(=O)c1cc(S)c2ncccc2c1. The highest BCUT2D eigenvalue weighted by Gasteiger charge is 2.16. The topological polar surface area (TPSA) is 36.4 Å². The van der Waals surface area contributed by atoms with Gasteiger partial charge < -0.3 is 9.80 Å². The molecule has 0 aliphatic rings. The maximum Gasteiger partial charge on any atom is 0.253 e. The molecule has 0 aliphatic carbocycles. The number of likely N-dealkylation sites (N-methyl/N-ethyl adjacent to an activating group) is 2. The van der Waals surface area contributed by atoms with Crippen LogP contribution in [0.15, 0.2) is 35.4 Å². The predicted octanol–water partition coefficient (Wildman–Crippen LogP) is 2.55. The number of carbonyl (C=O) groups excluding carboxylic acids is 1. The number of pyridine rings is 1. The van der Waals surface area contributed by atoms with Crippen LogP contribution in [0.5, 0.6) is 0 Å². The maximum absolute atomic E-state index is 12.6. The van der Waals surface area contributed by atoms with E-state index in [1.807, 2.05) is 44.1 Å². The fraction of sp³-hybridized carbons (Fsp3) is 0.375. The number of thiol groups is 1. The molecule has 112 valence electrons. The highest BCUT2D eigenvalue weighted by Crippen LogP contribution is 2.22. The molecule has 1 amide bonds. The number of aromatic nitrogens is 1. The van der Waals surface area contributed by atoms with Gasteiger partial charge in [0.2, 0.25) is 0 Å². The Kier molecular flexibility index (Phi) is 5.20. The van der Waals surface area contributed by atoms with E-state index in [0.29, 0.717) is 12.1 Å². The number of carbonyl (C=O) groups is 1. The highest BCUT2D eigenvalue weighted by atomic mass is 32.1. The fourth-order valence-electron chi connectivity index (χ4n) is 2.20. The molecule has 1 aromatic heterocycles. The summed E-state index contributed by atoms with van der Waals surface area (Å²) in [6.45, 7) is 4.26. The third-order valence-corrected chi connectivity index (χ3v) is 3.76. The van der Waals surface area contributed by atoms with Crippen LogP contribution in [0.4, 0.5) is 0 Å². The molecule has 0 saturated heterocycles. The zero-order chi connectivity index (χ0) is 15.4. The average molecular weight is 303 g/mol. The summed E-state index contributed by atoms with van der Waals surface area (Å²) in [4.78, 5) is 21.6. The van der Waals surface area contributed by atoms with E-state index in [9.17, 15) is 4.79 Å². The lowest BCUT2D eigenvalue weighted by atomic mass is 10.1. The minimum Gasteiger partial charge on any atom is -0.338 e. The zero-order valence-corrected chi connectivity index (χ0v) is 13.6. The lowest BCUT2D eigenvalue weighted by molar-refractivity contribution is 0.0754. The van der Waals surface area contributed by atoms with E-state index < -0.39 is 0 Å². The van der Waals surface area contributed by atoms with Gasteiger partial charge in [0, 0.05) is 41.7 Å². The lowest BCUT2D eigenvalue weighted by Crippen LogP contribution is -2.36. The van der Waals surface area contributed by atoms with Crippen LogP contribution >= 0.6 is 12.6 Å². The molecular weight excluding hydrogens is 282 g/mol. The maximum atomic E-state index is 12.6. The second-order valence-electron chi connectivity index (χ2n) is 5.26. The number of benzene rings is 1. The fourth-order valence-corrected chi connectivity index (χ4v) is 2.53. The molecule has 1 aromatic carbocycles. The Morgan fingerprint density at radius 1 is 1.29 bits per heavy atom. The molecule has 0 radical (unpaired) electrons. The molecular formula is C16H21N3OS. The van der Waals surface area contributed by atoms with Crippen LogP contribution < -0.4 is 0 Å². The molecule has 0 atom stereocenters. The molecule has 21 heavy (non-hydrogen) atoms. The molecule has 0 saturated carbocycles. The van der Waals surface area contributed by atoms with Crippen LogP contribution in [0.25, 0.3) is 10.9 Å². The molecule has 0 unspecified atom stereocenters. The van der Waals surface area contributed by atoms with Crippen molar-refractivity contribution in [1.82, 2.24) is 14.8 Å². The zero-order valence-electron chi connectivity index (χ0n) is 12.7. The average Bonchev–Trinajstić information content (AvgIpc) is 2.47. The van der Waals surface area contributed by atoms with Gasteiger partial charge in [0.15, 0.2) is 0 Å². The van der Waals surface area contributed by atoms with E-state index >= 15 is 0 Å². The first-order valence-corrected chi connectivity index (χ1v) is 7.49. The summed E-state index contributed by atoms with van der Waals surface area (Å²) in [5.41, 5.74) is 1.50. The minimum atomic E-state index is 0.0420. The number of hydrogen-bond donors (Lipinski definition) is 1. The van der Waals surface area contributed by atoms with Gasteiger partial charge in [0.25, 0.3) is 5.91 Å². The van der Waals surface area contributed by atoms with E-state index in [1.165, 1.54) is 0 Å². The molecule has 2 aromatic rings. The quantitative estimate of drug-likeness (QED) is 0.863. The van der Waals surface area contributed by atoms with Gasteiger partial charge in [-0.25, -0.2) is 0 Å². The van der Waals surface area contributed by atoms with Crippen LogP contribution in [-0.2, 0) is 0 Å². The first-order chi connectivity index (χ1) is 10.0. The Morgan fingerprint density at radius 3 is 2.71 bits per heavy atom. The molecule has 0 fully saturated rings. The second kappa shape index (κ2) is 6.91. The van der Waals surface area contributed by atoms with Crippen molar-refractivity contribution in [2.75, 3.05) is 33.7 Å². The second-order valence-corrected chi connectivity index (χ2v) is 5.74. The van der Waals surface area contributed by atoms with Crippen molar-refractivity contribution in [3.05, 3.63) is 36.0 Å². The van der Waals surface area contributed by atoms with E-state index in [2.05, 4.69) is 22.5 Å². The Balaban J connectivity index is 2.29. The van der Waals surface area contributed by atoms with Gasteiger partial charge >= 0.3 is 0 Å². The number of hydrogen-bond acceptors (Lipinski definition) is 4. The van der Waals surface area contributed by atoms with Gasteiger partial charge in [-0.1, -0.05) is 6.07 Å². The standard InChI is InChI=1S/C16H21N3OS/c1-4-19(9-8-18(2)3)16(20)13-10-12-6-5-7-17-15(12)14(21)11-13/h5-7,10-11,21H,4,8-9H2,1-3H3. The largest absolute Gasteiger partial charge is 0.338 e. The molecule has 0 spiro atoms. The van der Waals surface area contributed by atoms with Crippen molar-refractivity contribution in [1.29, 1.82) is 0 Å². The van der Waals surface area contributed by atoms with Crippen molar-refractivity contribution in [3.8, 4) is 0 Å². The summed E-state index contributed by atoms with van der Waals surface area (Å²) in [5.74, 6) is 0.0420. The van der Waals surface area contributed by atoms with Crippen molar-refractivity contribution in [2.24, 2.45) is 0 Å². The molecule has 1 heterocycles. The summed E-state index contributed by atoms with van der Waals surface area (Å²) in [6, 6.07) is 7.52. The van der Waals surface area contributed by atoms with Gasteiger partial charge in [-0.05, 0) is 39.2 Å². The molecule has 5 heteroatoms. The lowest BCUT2D eigenvalue weighted by Gasteiger charge is -2.23. The number of nitrogens with zero attached hydrogens (tertiary/aromatic N) is 3. The van der Waals surface area contributed by atoms with E-state index in [0.717, 1.165) is 28.9 Å². The van der Waals surface area contributed by atoms with Gasteiger partial charge in [-0.3, -0.25) is 9.78 Å². The molecule has 0 N–H and O–H groups in total. The Bertz CT molecular complexity index is 642. The van der Waals surface area contributed by atoms with Crippen LogP contribution in [0, 0.1) is 0 Å². The number of rotatable bonds is 5. The molecule has 0 aliphatic heterocycles. The van der Waals surface area contributed by atoms with E-state index in [4.69, 9.17) is 0 Å². The number of amides is 1. The normalized spacial score (nSPS) is 11.1. The third kappa shape index (κ3) is 3.74. The van der Waals surface area contributed by atoms with E-state index in [-0.39, 0.29) is 5.91 Å². The van der Waals surface area contributed by atoms with Gasteiger partial charge in [-0.2, -0.15) is 0 Å². The third-order valence-electron chi connectivity index (χ3n) is 3.42. The summed E-state index contributed by atoms with van der Waals surface area (Å²) < 4.78 is 0. The minimum absolute atomic E-state index is 0.0420. The Hall–Kier alpha value is -1.59. The predicted molar refractivity (Wildman–Crippen MR) is 89.1 cm³/mol. The summed E-state index contributed by atoms with van der Waals surface area (Å²) >= 11 is 4.46. The van der Waals surface area contributed by atoms with Gasteiger partial charge in [0.05, 0.1) is 5.52 Å². The van der Waals surface area contributed by atoms with Gasteiger partial charge in [-0.15, -0.1) is 12.6 Å². The van der Waals surface area contributed by atoms with Crippen molar-refractivity contribution in [3.63, 3.8) is 0 Å². The van der Waals surface area contributed by atoms with Gasteiger partial charge in [0.1, 0.15) is 0 Å². The summed E-state index contributed by atoms with van der Waals surface area (Å²) in [6.07, 6.45) is 1.74. The first-order valence-electron chi connectivity index (χ1n) is 7.04. The summed E-state index contributed by atoms with van der Waals surface area (Å²) in [7, 11) is 4.01. The van der Waals surface area contributed by atoms with E-state index in [1.54, 1.807) is 12.3 Å².